The molecule has 4 nitrogen and oxygen atoms in total. The zero-order valence-corrected chi connectivity index (χ0v) is 9.72. The maximum Gasteiger partial charge on any atom is 0.331 e. The topological polar surface area (TPSA) is 44.0 Å². The first-order valence-corrected chi connectivity index (χ1v) is 5.63. The van der Waals surface area contributed by atoms with Gasteiger partial charge in [0.15, 0.2) is 0 Å². The Bertz CT molecular complexity index is 633. The molecule has 2 aromatic rings. The van der Waals surface area contributed by atoms with Gasteiger partial charge in [0.1, 0.15) is 4.83 Å². The molecule has 5 heteroatoms. The van der Waals surface area contributed by atoms with Crippen LogP contribution in [0.4, 0.5) is 0 Å². The van der Waals surface area contributed by atoms with Crippen LogP contribution >= 0.6 is 11.3 Å². The summed E-state index contributed by atoms with van der Waals surface area (Å²) in [6.07, 6.45) is 0. The molecule has 2 aromatic heterocycles. The van der Waals surface area contributed by atoms with Crippen LogP contribution in [-0.4, -0.2) is 9.13 Å². The number of thiophene rings is 1. The van der Waals surface area contributed by atoms with Crippen molar-refractivity contribution in [1.82, 2.24) is 9.13 Å². The zero-order chi connectivity index (χ0) is 11.2. The van der Waals surface area contributed by atoms with E-state index in [2.05, 4.69) is 0 Å². The van der Waals surface area contributed by atoms with E-state index in [1.54, 1.807) is 4.57 Å². The lowest BCUT2D eigenvalue weighted by atomic mass is 10.3. The molecule has 0 bridgehead atoms. The van der Waals surface area contributed by atoms with E-state index in [4.69, 9.17) is 0 Å². The first-order chi connectivity index (χ1) is 7.07. The summed E-state index contributed by atoms with van der Waals surface area (Å²) in [5, 5.41) is 2.58. The molecular weight excluding hydrogens is 212 g/mol. The summed E-state index contributed by atoms with van der Waals surface area (Å²) in [5.41, 5.74) is 0.508. The molecule has 0 radical (unpaired) electrons. The summed E-state index contributed by atoms with van der Waals surface area (Å²) in [4.78, 5) is 24.4. The summed E-state index contributed by atoms with van der Waals surface area (Å²) in [6.45, 7) is 4.38. The summed E-state index contributed by atoms with van der Waals surface area (Å²) in [6, 6.07) is 0. The molecule has 0 saturated carbocycles. The highest BCUT2D eigenvalue weighted by Crippen LogP contribution is 2.20. The van der Waals surface area contributed by atoms with Gasteiger partial charge in [0.2, 0.25) is 0 Å². The molecule has 15 heavy (non-hydrogen) atoms. The highest BCUT2D eigenvalue weighted by atomic mass is 32.1. The Morgan fingerprint density at radius 1 is 1.40 bits per heavy atom. The SMILES string of the molecule is CCn1c(=O)n(C)c(=O)c2c(C)csc21. The van der Waals surface area contributed by atoms with Crippen molar-refractivity contribution in [2.75, 3.05) is 0 Å². The standard InChI is InChI=1S/C10H12N2O2S/c1-4-12-9-7(6(2)5-15-9)8(13)11(3)10(12)14/h5H,4H2,1-3H3. The molecule has 0 aliphatic heterocycles. The molecule has 0 amide bonds. The Hall–Kier alpha value is -1.36. The maximum absolute atomic E-state index is 11.9. The predicted octanol–water partition coefficient (Wildman–Crippen LogP) is 1.09. The fraction of sp³-hybridized carbons (Fsp3) is 0.400. The zero-order valence-electron chi connectivity index (χ0n) is 8.90. The normalized spacial score (nSPS) is 11.1. The molecule has 0 unspecified atom stereocenters. The molecule has 0 fully saturated rings. The lowest BCUT2D eigenvalue weighted by Gasteiger charge is -2.06. The number of aryl methyl sites for hydroxylation is 2. The molecule has 0 atom stereocenters. The lowest BCUT2D eigenvalue weighted by molar-refractivity contribution is 0.661. The second-order valence-corrected chi connectivity index (χ2v) is 4.35. The Morgan fingerprint density at radius 2 is 2.07 bits per heavy atom. The average Bonchev–Trinajstić information content (AvgIpc) is 2.58. The first kappa shape index (κ1) is 10.2. The van der Waals surface area contributed by atoms with E-state index >= 15 is 0 Å². The number of hydrogen-bond acceptors (Lipinski definition) is 3. The molecule has 0 N–H and O–H groups in total. The minimum absolute atomic E-state index is 0.196. The maximum atomic E-state index is 11.9. The summed E-state index contributed by atoms with van der Waals surface area (Å²) >= 11 is 1.45. The van der Waals surface area contributed by atoms with Crippen molar-refractivity contribution in [3.8, 4) is 0 Å². The summed E-state index contributed by atoms with van der Waals surface area (Å²) in [7, 11) is 1.52. The minimum atomic E-state index is -0.239. The van der Waals surface area contributed by atoms with Crippen LogP contribution in [0.25, 0.3) is 10.2 Å². The van der Waals surface area contributed by atoms with Gasteiger partial charge in [-0.25, -0.2) is 4.79 Å². The van der Waals surface area contributed by atoms with Crippen molar-refractivity contribution in [2.24, 2.45) is 7.05 Å². The van der Waals surface area contributed by atoms with Gasteiger partial charge >= 0.3 is 5.69 Å². The molecule has 0 saturated heterocycles. The van der Waals surface area contributed by atoms with Crippen LogP contribution in [0.5, 0.6) is 0 Å². The lowest BCUT2D eigenvalue weighted by Crippen LogP contribution is -2.37. The molecule has 2 heterocycles. The number of aromatic nitrogens is 2. The quantitative estimate of drug-likeness (QED) is 0.727. The van der Waals surface area contributed by atoms with Crippen molar-refractivity contribution in [3.05, 3.63) is 31.8 Å². The van der Waals surface area contributed by atoms with Gasteiger partial charge in [-0.3, -0.25) is 13.9 Å². The number of rotatable bonds is 1. The highest BCUT2D eigenvalue weighted by molar-refractivity contribution is 7.17. The molecular formula is C10H12N2O2S. The summed E-state index contributed by atoms with van der Waals surface area (Å²) < 4.78 is 2.81. The van der Waals surface area contributed by atoms with Crippen LogP contribution in [0.1, 0.15) is 12.5 Å². The monoisotopic (exact) mass is 224 g/mol. The van der Waals surface area contributed by atoms with Crippen molar-refractivity contribution >= 4 is 21.6 Å². The van der Waals surface area contributed by atoms with Gasteiger partial charge in [0.25, 0.3) is 5.56 Å². The third kappa shape index (κ3) is 1.26. The smallest absolute Gasteiger partial charge is 0.285 e. The van der Waals surface area contributed by atoms with E-state index in [1.165, 1.54) is 23.0 Å². The van der Waals surface area contributed by atoms with Crippen LogP contribution in [0.2, 0.25) is 0 Å². The van der Waals surface area contributed by atoms with Gasteiger partial charge in [0, 0.05) is 13.6 Å². The third-order valence-corrected chi connectivity index (χ3v) is 3.67. The predicted molar refractivity (Wildman–Crippen MR) is 61.7 cm³/mol. The van der Waals surface area contributed by atoms with E-state index in [1.807, 2.05) is 19.2 Å². The van der Waals surface area contributed by atoms with Crippen LogP contribution in [0.15, 0.2) is 15.0 Å². The van der Waals surface area contributed by atoms with Crippen molar-refractivity contribution < 1.29 is 0 Å². The van der Waals surface area contributed by atoms with Gasteiger partial charge < -0.3 is 0 Å². The van der Waals surface area contributed by atoms with Gasteiger partial charge in [-0.2, -0.15) is 0 Å². The van der Waals surface area contributed by atoms with Crippen LogP contribution in [0.3, 0.4) is 0 Å². The summed E-state index contributed by atoms with van der Waals surface area (Å²) in [5.74, 6) is 0. The average molecular weight is 224 g/mol. The second kappa shape index (κ2) is 3.34. The Morgan fingerprint density at radius 3 is 2.67 bits per heavy atom. The molecule has 0 aliphatic carbocycles. The van der Waals surface area contributed by atoms with E-state index in [-0.39, 0.29) is 11.2 Å². The van der Waals surface area contributed by atoms with Crippen molar-refractivity contribution in [3.63, 3.8) is 0 Å². The second-order valence-electron chi connectivity index (χ2n) is 3.49. The van der Waals surface area contributed by atoms with Gasteiger partial charge in [-0.05, 0) is 24.8 Å². The molecule has 0 spiro atoms. The van der Waals surface area contributed by atoms with E-state index in [9.17, 15) is 9.59 Å². The van der Waals surface area contributed by atoms with Gasteiger partial charge in [-0.1, -0.05) is 0 Å². The highest BCUT2D eigenvalue weighted by Gasteiger charge is 2.12. The Kier molecular flexibility index (Phi) is 2.26. The van der Waals surface area contributed by atoms with E-state index in [0.29, 0.717) is 11.9 Å². The van der Waals surface area contributed by atoms with Gasteiger partial charge in [0.05, 0.1) is 5.39 Å². The number of hydrogen-bond donors (Lipinski definition) is 0. The largest absolute Gasteiger partial charge is 0.331 e. The third-order valence-electron chi connectivity index (χ3n) is 2.55. The molecule has 80 valence electrons. The fourth-order valence-electron chi connectivity index (χ4n) is 1.69. The molecule has 0 aromatic carbocycles. The number of nitrogens with zero attached hydrogens (tertiary/aromatic N) is 2. The fourth-order valence-corrected chi connectivity index (χ4v) is 2.80. The molecule has 2 rings (SSSR count). The van der Waals surface area contributed by atoms with Crippen molar-refractivity contribution in [2.45, 2.75) is 20.4 Å². The van der Waals surface area contributed by atoms with Crippen LogP contribution in [0, 0.1) is 6.92 Å². The van der Waals surface area contributed by atoms with Crippen molar-refractivity contribution in [1.29, 1.82) is 0 Å². The first-order valence-electron chi connectivity index (χ1n) is 4.75. The van der Waals surface area contributed by atoms with Crippen LogP contribution in [-0.2, 0) is 13.6 Å². The molecule has 0 aliphatic rings. The van der Waals surface area contributed by atoms with E-state index in [0.717, 1.165) is 10.4 Å². The van der Waals surface area contributed by atoms with Gasteiger partial charge in [-0.15, -0.1) is 11.3 Å². The van der Waals surface area contributed by atoms with Crippen LogP contribution < -0.4 is 11.2 Å². The van der Waals surface area contributed by atoms with E-state index < -0.39 is 0 Å². The number of fused-ring (bicyclic) bond motifs is 1. The minimum Gasteiger partial charge on any atom is -0.285 e. The Balaban J connectivity index is 3.14. The Labute approximate surface area is 90.4 Å².